The van der Waals surface area contributed by atoms with Gasteiger partial charge in [0, 0.05) is 17.3 Å². The highest BCUT2D eigenvalue weighted by Gasteiger charge is 2.27. The van der Waals surface area contributed by atoms with Gasteiger partial charge in [0.05, 0.1) is 6.04 Å². The first-order valence-corrected chi connectivity index (χ1v) is 7.28. The quantitative estimate of drug-likeness (QED) is 0.670. The molecular weight excluding hydrogens is 318 g/mol. The van der Waals surface area contributed by atoms with Gasteiger partial charge in [-0.15, -0.1) is 0 Å². The standard InChI is InChI=1S/C17H12F2N2OS/c18-12-5-1-10(2-6-12)15-14(9-20-17(23)21-15)16(22)11-3-7-13(19)8-4-11/h1-9,15H,(H2,20,21,23). The summed E-state index contributed by atoms with van der Waals surface area (Å²) >= 11 is 5.08. The molecule has 1 heterocycles. The lowest BCUT2D eigenvalue weighted by atomic mass is 9.92. The van der Waals surface area contributed by atoms with Crippen LogP contribution in [0.1, 0.15) is 22.0 Å². The lowest BCUT2D eigenvalue weighted by Gasteiger charge is -2.27. The van der Waals surface area contributed by atoms with Crippen LogP contribution in [0.5, 0.6) is 0 Å². The van der Waals surface area contributed by atoms with Crippen molar-refractivity contribution < 1.29 is 13.6 Å². The third-order valence-electron chi connectivity index (χ3n) is 3.52. The van der Waals surface area contributed by atoms with Crippen LogP contribution in [0.25, 0.3) is 0 Å². The Balaban J connectivity index is 1.97. The first kappa shape index (κ1) is 15.3. The topological polar surface area (TPSA) is 41.1 Å². The summed E-state index contributed by atoms with van der Waals surface area (Å²) in [5.74, 6) is -1.03. The highest BCUT2D eigenvalue weighted by atomic mass is 32.1. The maximum Gasteiger partial charge on any atom is 0.192 e. The first-order chi connectivity index (χ1) is 11.0. The van der Waals surface area contributed by atoms with Crippen LogP contribution in [0.2, 0.25) is 0 Å². The van der Waals surface area contributed by atoms with Gasteiger partial charge >= 0.3 is 0 Å². The fourth-order valence-electron chi connectivity index (χ4n) is 2.36. The van der Waals surface area contributed by atoms with Crippen molar-refractivity contribution in [3.05, 3.63) is 83.1 Å². The summed E-state index contributed by atoms with van der Waals surface area (Å²) in [5, 5.41) is 6.16. The molecule has 0 aliphatic carbocycles. The van der Waals surface area contributed by atoms with Crippen LogP contribution in [-0.2, 0) is 0 Å². The number of Topliss-reactive ketones (excluding diaryl/α,β-unsaturated/α-hetero) is 1. The second kappa shape index (κ2) is 6.26. The van der Waals surface area contributed by atoms with E-state index in [2.05, 4.69) is 10.6 Å². The number of hydrogen-bond donors (Lipinski definition) is 2. The molecule has 3 nitrogen and oxygen atoms in total. The Morgan fingerprint density at radius 2 is 1.52 bits per heavy atom. The van der Waals surface area contributed by atoms with Crippen molar-refractivity contribution in [1.29, 1.82) is 0 Å². The molecule has 2 N–H and O–H groups in total. The summed E-state index contributed by atoms with van der Waals surface area (Å²) in [5.41, 5.74) is 1.48. The van der Waals surface area contributed by atoms with Crippen LogP contribution in [0.3, 0.4) is 0 Å². The molecule has 0 bridgehead atoms. The van der Waals surface area contributed by atoms with Crippen LogP contribution in [0.4, 0.5) is 8.78 Å². The zero-order valence-electron chi connectivity index (χ0n) is 11.8. The number of carbonyl (C=O) groups excluding carboxylic acids is 1. The molecular formula is C17H12F2N2OS. The Morgan fingerprint density at radius 1 is 0.957 bits per heavy atom. The lowest BCUT2D eigenvalue weighted by molar-refractivity contribution is 0.102. The predicted octanol–water partition coefficient (Wildman–Crippen LogP) is 3.25. The van der Waals surface area contributed by atoms with Gasteiger partial charge in [-0.05, 0) is 54.2 Å². The van der Waals surface area contributed by atoms with Crippen LogP contribution in [-0.4, -0.2) is 10.9 Å². The molecule has 6 heteroatoms. The van der Waals surface area contributed by atoms with Crippen molar-refractivity contribution in [2.45, 2.75) is 6.04 Å². The third-order valence-corrected chi connectivity index (χ3v) is 3.75. The summed E-state index contributed by atoms with van der Waals surface area (Å²) in [6, 6.07) is 10.6. The fourth-order valence-corrected chi connectivity index (χ4v) is 2.54. The Labute approximate surface area is 137 Å². The number of hydrogen-bond acceptors (Lipinski definition) is 2. The second-order valence-electron chi connectivity index (χ2n) is 5.04. The molecule has 2 aromatic rings. The van der Waals surface area contributed by atoms with Gasteiger partial charge in [0.25, 0.3) is 0 Å². The minimum Gasteiger partial charge on any atom is -0.351 e. The Bertz CT molecular complexity index is 785. The van der Waals surface area contributed by atoms with E-state index in [1.165, 1.54) is 42.6 Å². The average Bonchev–Trinajstić information content (AvgIpc) is 2.55. The summed E-state index contributed by atoms with van der Waals surface area (Å²) in [6.45, 7) is 0. The summed E-state index contributed by atoms with van der Waals surface area (Å²) in [6.07, 6.45) is 1.53. The van der Waals surface area contributed by atoms with Crippen molar-refractivity contribution in [3.8, 4) is 0 Å². The smallest absolute Gasteiger partial charge is 0.192 e. The molecule has 0 saturated carbocycles. The van der Waals surface area contributed by atoms with Gasteiger partial charge < -0.3 is 10.6 Å². The number of halogens is 2. The van der Waals surface area contributed by atoms with Crippen LogP contribution in [0, 0.1) is 11.6 Å². The Hall–Kier alpha value is -2.60. The Kier molecular flexibility index (Phi) is 4.16. The zero-order chi connectivity index (χ0) is 16.4. The zero-order valence-corrected chi connectivity index (χ0v) is 12.7. The second-order valence-corrected chi connectivity index (χ2v) is 5.45. The summed E-state index contributed by atoms with van der Waals surface area (Å²) in [4.78, 5) is 12.7. The highest BCUT2D eigenvalue weighted by Crippen LogP contribution is 2.26. The molecule has 1 unspecified atom stereocenters. The lowest BCUT2D eigenvalue weighted by Crippen LogP contribution is -2.42. The largest absolute Gasteiger partial charge is 0.351 e. The number of carbonyl (C=O) groups is 1. The van der Waals surface area contributed by atoms with Crippen LogP contribution in [0.15, 0.2) is 60.3 Å². The Morgan fingerprint density at radius 3 is 2.13 bits per heavy atom. The van der Waals surface area contributed by atoms with E-state index >= 15 is 0 Å². The van der Waals surface area contributed by atoms with Gasteiger partial charge in [-0.2, -0.15) is 0 Å². The monoisotopic (exact) mass is 330 g/mol. The molecule has 23 heavy (non-hydrogen) atoms. The van der Waals surface area contributed by atoms with Crippen molar-refractivity contribution in [3.63, 3.8) is 0 Å². The number of benzene rings is 2. The maximum absolute atomic E-state index is 13.1. The van der Waals surface area contributed by atoms with Crippen molar-refractivity contribution in [2.75, 3.05) is 0 Å². The molecule has 2 aromatic carbocycles. The van der Waals surface area contributed by atoms with Gasteiger partial charge in [0.2, 0.25) is 0 Å². The third kappa shape index (κ3) is 3.27. The number of nitrogens with one attached hydrogen (secondary N) is 2. The molecule has 0 spiro atoms. The highest BCUT2D eigenvalue weighted by molar-refractivity contribution is 7.80. The van der Waals surface area contributed by atoms with Gasteiger partial charge in [-0.3, -0.25) is 4.79 Å². The van der Waals surface area contributed by atoms with E-state index < -0.39 is 11.9 Å². The fraction of sp³-hybridized carbons (Fsp3) is 0.0588. The first-order valence-electron chi connectivity index (χ1n) is 6.87. The average molecular weight is 330 g/mol. The number of rotatable bonds is 3. The molecule has 0 saturated heterocycles. The molecule has 1 atom stereocenters. The molecule has 1 aliphatic rings. The normalized spacial score (nSPS) is 17.0. The number of thiocarbonyl (C=S) groups is 1. The van der Waals surface area contributed by atoms with E-state index in [1.807, 2.05) is 0 Å². The molecule has 0 radical (unpaired) electrons. The molecule has 0 amide bonds. The van der Waals surface area contributed by atoms with E-state index in [1.54, 1.807) is 12.1 Å². The molecule has 3 rings (SSSR count). The maximum atomic E-state index is 13.1. The predicted molar refractivity (Wildman–Crippen MR) is 86.8 cm³/mol. The molecule has 1 aliphatic heterocycles. The van der Waals surface area contributed by atoms with E-state index in [0.717, 1.165) is 0 Å². The summed E-state index contributed by atoms with van der Waals surface area (Å²) < 4.78 is 26.1. The van der Waals surface area contributed by atoms with Gasteiger partial charge in [0.15, 0.2) is 10.9 Å². The minimum absolute atomic E-state index is 0.262. The SMILES string of the molecule is O=C(C1=CNC(=S)NC1c1ccc(F)cc1)c1ccc(F)cc1. The van der Waals surface area contributed by atoms with E-state index in [4.69, 9.17) is 12.2 Å². The van der Waals surface area contributed by atoms with Crippen molar-refractivity contribution in [1.82, 2.24) is 10.6 Å². The van der Waals surface area contributed by atoms with Gasteiger partial charge in [-0.1, -0.05) is 12.1 Å². The molecule has 0 fully saturated rings. The van der Waals surface area contributed by atoms with Crippen LogP contribution >= 0.6 is 12.2 Å². The molecule has 116 valence electrons. The number of ketones is 1. The van der Waals surface area contributed by atoms with Gasteiger partial charge in [0.1, 0.15) is 11.6 Å². The van der Waals surface area contributed by atoms with E-state index in [-0.39, 0.29) is 11.6 Å². The van der Waals surface area contributed by atoms with E-state index in [9.17, 15) is 13.6 Å². The van der Waals surface area contributed by atoms with E-state index in [0.29, 0.717) is 21.8 Å². The van der Waals surface area contributed by atoms with Crippen molar-refractivity contribution in [2.24, 2.45) is 0 Å². The van der Waals surface area contributed by atoms with Crippen LogP contribution < -0.4 is 10.6 Å². The van der Waals surface area contributed by atoms with Gasteiger partial charge in [-0.25, -0.2) is 8.78 Å². The molecule has 0 aromatic heterocycles. The summed E-state index contributed by atoms with van der Waals surface area (Å²) in [7, 11) is 0. The minimum atomic E-state index is -0.498. The van der Waals surface area contributed by atoms with Crippen molar-refractivity contribution >= 4 is 23.1 Å².